The Morgan fingerprint density at radius 3 is 2.72 bits per heavy atom. The Morgan fingerprint density at radius 2 is 1.97 bits per heavy atom. The molecule has 0 unspecified atom stereocenters. The van der Waals surface area contributed by atoms with Crippen molar-refractivity contribution in [3.63, 3.8) is 0 Å². The number of benzene rings is 1. The highest BCUT2D eigenvalue weighted by Gasteiger charge is 2.31. The van der Waals surface area contributed by atoms with Crippen molar-refractivity contribution in [1.82, 2.24) is 0 Å². The number of hydrogen-bond donors (Lipinski definition) is 2. The second-order valence-corrected chi connectivity index (χ2v) is 8.90. The molecule has 5 heteroatoms. The summed E-state index contributed by atoms with van der Waals surface area (Å²) in [6, 6.07) is 10.1. The molecule has 0 fully saturated rings. The average Bonchev–Trinajstić information content (AvgIpc) is 3.23. The van der Waals surface area contributed by atoms with Gasteiger partial charge in [0.25, 0.3) is 0 Å². The molecule has 1 aromatic heterocycles. The van der Waals surface area contributed by atoms with Crippen molar-refractivity contribution >= 4 is 33.2 Å². The first kappa shape index (κ1) is 21.5. The van der Waals surface area contributed by atoms with Gasteiger partial charge < -0.3 is 10.2 Å². The van der Waals surface area contributed by atoms with E-state index >= 15 is 0 Å². The zero-order chi connectivity index (χ0) is 20.8. The SMILES string of the molecule is CC1=CC(=O)[C@H](/C=C/[C@@H](O)c2cc3ccccc3s2)[C@H]1CCCCCCC(=O)O. The maximum absolute atomic E-state index is 12.4. The van der Waals surface area contributed by atoms with Crippen molar-refractivity contribution in [3.8, 4) is 0 Å². The molecule has 2 aromatic rings. The van der Waals surface area contributed by atoms with E-state index in [9.17, 15) is 14.7 Å². The lowest BCUT2D eigenvalue weighted by Crippen LogP contribution is -2.15. The molecule has 3 rings (SSSR count). The van der Waals surface area contributed by atoms with Gasteiger partial charge in [0.15, 0.2) is 5.78 Å². The van der Waals surface area contributed by atoms with E-state index in [-0.39, 0.29) is 24.0 Å². The summed E-state index contributed by atoms with van der Waals surface area (Å²) in [6.45, 7) is 2.00. The van der Waals surface area contributed by atoms with Crippen LogP contribution >= 0.6 is 11.3 Å². The number of unbranched alkanes of at least 4 members (excludes halogenated alkanes) is 3. The molecule has 1 aromatic carbocycles. The first-order valence-electron chi connectivity index (χ1n) is 10.2. The summed E-state index contributed by atoms with van der Waals surface area (Å²) < 4.78 is 1.14. The summed E-state index contributed by atoms with van der Waals surface area (Å²) in [6.07, 6.45) is 9.35. The van der Waals surface area contributed by atoms with Crippen LogP contribution in [0.2, 0.25) is 0 Å². The number of allylic oxidation sites excluding steroid dienone is 3. The summed E-state index contributed by atoms with van der Waals surface area (Å²) >= 11 is 1.57. The van der Waals surface area contributed by atoms with E-state index in [0.29, 0.717) is 6.42 Å². The molecule has 4 nitrogen and oxygen atoms in total. The maximum atomic E-state index is 12.4. The lowest BCUT2D eigenvalue weighted by Gasteiger charge is -2.18. The largest absolute Gasteiger partial charge is 0.481 e. The van der Waals surface area contributed by atoms with Gasteiger partial charge in [-0.3, -0.25) is 9.59 Å². The second kappa shape index (κ2) is 9.99. The third-order valence-corrected chi connectivity index (χ3v) is 6.80. The summed E-state index contributed by atoms with van der Waals surface area (Å²) in [5, 5.41) is 20.4. The van der Waals surface area contributed by atoms with Gasteiger partial charge in [0, 0.05) is 21.9 Å². The Kier molecular flexibility index (Phi) is 7.40. The Balaban J connectivity index is 1.57. The van der Waals surface area contributed by atoms with E-state index in [1.54, 1.807) is 23.5 Å². The van der Waals surface area contributed by atoms with Crippen molar-refractivity contribution < 1.29 is 19.8 Å². The number of carbonyl (C=O) groups is 2. The summed E-state index contributed by atoms with van der Waals surface area (Å²) in [5.74, 6) is -0.670. The lowest BCUT2D eigenvalue weighted by atomic mass is 9.86. The minimum atomic E-state index is -0.743. The Labute approximate surface area is 175 Å². The fourth-order valence-corrected chi connectivity index (χ4v) is 5.04. The van der Waals surface area contributed by atoms with Crippen molar-refractivity contribution in [1.29, 1.82) is 0 Å². The van der Waals surface area contributed by atoms with Gasteiger partial charge in [-0.05, 0) is 49.3 Å². The van der Waals surface area contributed by atoms with Crippen LogP contribution in [-0.2, 0) is 9.59 Å². The lowest BCUT2D eigenvalue weighted by molar-refractivity contribution is -0.137. The van der Waals surface area contributed by atoms with Gasteiger partial charge in [0.1, 0.15) is 6.10 Å². The van der Waals surface area contributed by atoms with Crippen LogP contribution in [0, 0.1) is 11.8 Å². The first-order valence-corrected chi connectivity index (χ1v) is 11.1. The smallest absolute Gasteiger partial charge is 0.303 e. The number of aliphatic hydroxyl groups is 1. The van der Waals surface area contributed by atoms with Crippen LogP contribution in [-0.4, -0.2) is 22.0 Å². The highest BCUT2D eigenvalue weighted by Crippen LogP contribution is 2.36. The van der Waals surface area contributed by atoms with Crippen LogP contribution in [0.15, 0.2) is 54.1 Å². The number of thiophene rings is 1. The normalized spacial score (nSPS) is 20.5. The molecule has 1 aliphatic rings. The highest BCUT2D eigenvalue weighted by molar-refractivity contribution is 7.19. The van der Waals surface area contributed by atoms with Gasteiger partial charge in [-0.25, -0.2) is 0 Å². The van der Waals surface area contributed by atoms with Crippen LogP contribution < -0.4 is 0 Å². The molecule has 0 spiro atoms. The van der Waals surface area contributed by atoms with Crippen LogP contribution in [0.4, 0.5) is 0 Å². The molecule has 1 heterocycles. The number of carboxylic acids is 1. The van der Waals surface area contributed by atoms with E-state index in [0.717, 1.165) is 46.2 Å². The molecule has 0 bridgehead atoms. The zero-order valence-electron chi connectivity index (χ0n) is 16.7. The summed E-state index contributed by atoms with van der Waals surface area (Å²) in [4.78, 5) is 23.9. The molecule has 0 saturated heterocycles. The predicted octanol–water partition coefficient (Wildman–Crippen LogP) is 5.68. The van der Waals surface area contributed by atoms with Crippen molar-refractivity contribution in [3.05, 3.63) is 59.0 Å². The summed E-state index contributed by atoms with van der Waals surface area (Å²) in [5.41, 5.74) is 1.10. The third-order valence-electron chi connectivity index (χ3n) is 5.61. The Bertz CT molecular complexity index is 891. The number of fused-ring (bicyclic) bond motifs is 1. The van der Waals surface area contributed by atoms with Gasteiger partial charge in [-0.1, -0.05) is 55.2 Å². The van der Waals surface area contributed by atoms with Crippen LogP contribution in [0.3, 0.4) is 0 Å². The molecule has 154 valence electrons. The summed E-state index contributed by atoms with van der Waals surface area (Å²) in [7, 11) is 0. The number of hydrogen-bond acceptors (Lipinski definition) is 4. The average molecular weight is 413 g/mol. The van der Waals surface area contributed by atoms with E-state index in [1.807, 2.05) is 43.3 Å². The molecule has 3 atom stereocenters. The van der Waals surface area contributed by atoms with Crippen LogP contribution in [0.25, 0.3) is 10.1 Å². The highest BCUT2D eigenvalue weighted by atomic mass is 32.1. The molecule has 0 saturated carbocycles. The monoisotopic (exact) mass is 412 g/mol. The maximum Gasteiger partial charge on any atom is 0.303 e. The van der Waals surface area contributed by atoms with E-state index in [2.05, 4.69) is 0 Å². The van der Waals surface area contributed by atoms with E-state index in [4.69, 9.17) is 5.11 Å². The first-order chi connectivity index (χ1) is 14.0. The van der Waals surface area contributed by atoms with Gasteiger partial charge >= 0.3 is 5.97 Å². The molecular weight excluding hydrogens is 384 g/mol. The predicted molar refractivity (Wildman–Crippen MR) is 117 cm³/mol. The minimum Gasteiger partial charge on any atom is -0.481 e. The fraction of sp³-hybridized carbons (Fsp3) is 0.417. The van der Waals surface area contributed by atoms with Crippen molar-refractivity contribution in [2.45, 2.75) is 51.6 Å². The van der Waals surface area contributed by atoms with Crippen molar-refractivity contribution in [2.24, 2.45) is 11.8 Å². The number of carboxylic acid groups (broad SMARTS) is 1. The van der Waals surface area contributed by atoms with Crippen LogP contribution in [0.1, 0.15) is 56.4 Å². The molecular formula is C24H28O4S. The minimum absolute atomic E-state index is 0.109. The third kappa shape index (κ3) is 5.64. The molecule has 2 N–H and O–H groups in total. The number of aliphatic carboxylic acids is 1. The standard InChI is InChI=1S/C24H28O4S/c1-16-14-21(26)19(18(16)9-4-2-3-5-11-24(27)28)12-13-20(25)23-15-17-8-6-7-10-22(17)29-23/h6-8,10,12-15,18-20,25H,2-5,9,11H2,1H3,(H,27,28)/b13-12+/t18-,19+,20+/m0/s1. The molecule has 0 aliphatic heterocycles. The molecule has 29 heavy (non-hydrogen) atoms. The van der Waals surface area contributed by atoms with Crippen molar-refractivity contribution in [2.75, 3.05) is 0 Å². The number of ketones is 1. The topological polar surface area (TPSA) is 74.6 Å². The number of aliphatic hydroxyl groups excluding tert-OH is 1. The quantitative estimate of drug-likeness (QED) is 0.389. The second-order valence-electron chi connectivity index (χ2n) is 7.79. The van der Waals surface area contributed by atoms with E-state index in [1.165, 1.54) is 0 Å². The Hall–Kier alpha value is -2.24. The van der Waals surface area contributed by atoms with Gasteiger partial charge in [-0.2, -0.15) is 0 Å². The zero-order valence-corrected chi connectivity index (χ0v) is 17.5. The molecule has 0 amide bonds. The Morgan fingerprint density at radius 1 is 1.21 bits per heavy atom. The van der Waals surface area contributed by atoms with Gasteiger partial charge in [-0.15, -0.1) is 11.3 Å². The van der Waals surface area contributed by atoms with Gasteiger partial charge in [0.2, 0.25) is 0 Å². The number of rotatable bonds is 10. The fourth-order valence-electron chi connectivity index (χ4n) is 4.01. The van der Waals surface area contributed by atoms with Gasteiger partial charge in [0.05, 0.1) is 0 Å². The van der Waals surface area contributed by atoms with E-state index < -0.39 is 12.1 Å². The molecule has 1 aliphatic carbocycles. The number of carbonyl (C=O) groups excluding carboxylic acids is 1. The molecule has 0 radical (unpaired) electrons. The van der Waals surface area contributed by atoms with Crippen LogP contribution in [0.5, 0.6) is 0 Å².